The lowest BCUT2D eigenvalue weighted by molar-refractivity contribution is -0.133. The van der Waals surface area contributed by atoms with Gasteiger partial charge in [0.25, 0.3) is 5.56 Å². The van der Waals surface area contributed by atoms with Crippen LogP contribution in [0.15, 0.2) is 31.0 Å². The molecule has 0 aliphatic rings. The van der Waals surface area contributed by atoms with Crippen molar-refractivity contribution >= 4 is 60.5 Å². The molecule has 5 nitrogen and oxygen atoms in total. The number of hydrogen-bond donors (Lipinski definition) is 1. The van der Waals surface area contributed by atoms with E-state index < -0.39 is 5.97 Å². The summed E-state index contributed by atoms with van der Waals surface area (Å²) < 4.78 is 2.82. The van der Waals surface area contributed by atoms with Gasteiger partial charge in [0.1, 0.15) is 0 Å². The molecule has 1 aromatic heterocycles. The van der Waals surface area contributed by atoms with Crippen LogP contribution in [0.4, 0.5) is 0 Å². The average molecular weight is 408 g/mol. The number of thioether (sulfide) groups is 1. The second-order valence-corrected chi connectivity index (χ2v) is 6.44. The Hall–Kier alpha value is -0.860. The van der Waals surface area contributed by atoms with Crippen LogP contribution in [0.3, 0.4) is 0 Å². The highest BCUT2D eigenvalue weighted by atomic mass is 79.9. The highest BCUT2D eigenvalue weighted by Crippen LogP contribution is 2.27. The van der Waals surface area contributed by atoms with Gasteiger partial charge in [-0.1, -0.05) is 27.7 Å². The molecule has 0 aliphatic carbocycles. The lowest BCUT2D eigenvalue weighted by atomic mass is 10.2. The van der Waals surface area contributed by atoms with Crippen molar-refractivity contribution in [3.63, 3.8) is 0 Å². The Morgan fingerprint density at radius 1 is 1.47 bits per heavy atom. The van der Waals surface area contributed by atoms with Gasteiger partial charge < -0.3 is 5.11 Å². The van der Waals surface area contributed by atoms with Gasteiger partial charge in [0, 0.05) is 16.0 Å². The summed E-state index contributed by atoms with van der Waals surface area (Å²) in [5, 5.41) is 9.54. The van der Waals surface area contributed by atoms with Gasteiger partial charge in [-0.3, -0.25) is 14.2 Å². The van der Waals surface area contributed by atoms with Gasteiger partial charge in [-0.2, -0.15) is 0 Å². The molecule has 0 bridgehead atoms. The number of carbonyl (C=O) groups is 1. The van der Waals surface area contributed by atoms with Crippen molar-refractivity contribution in [1.29, 1.82) is 0 Å². The molecule has 100 valence electrons. The maximum Gasteiger partial charge on any atom is 0.313 e. The topological polar surface area (TPSA) is 72.2 Å². The lowest BCUT2D eigenvalue weighted by Crippen LogP contribution is -2.20. The van der Waals surface area contributed by atoms with Crippen molar-refractivity contribution < 1.29 is 9.90 Å². The summed E-state index contributed by atoms with van der Waals surface area (Å²) in [6, 6.07) is 3.49. The highest BCUT2D eigenvalue weighted by molar-refractivity contribution is 9.11. The van der Waals surface area contributed by atoms with Gasteiger partial charge in [-0.05, 0) is 28.1 Å². The molecule has 8 heteroatoms. The van der Waals surface area contributed by atoms with Crippen molar-refractivity contribution in [3.05, 3.63) is 31.4 Å². The molecule has 1 aromatic carbocycles. The molecule has 0 aliphatic heterocycles. The smallest absolute Gasteiger partial charge is 0.313 e. The molecule has 1 N–H and O–H groups in total. The molecular weight excluding hydrogens is 400 g/mol. The number of carboxylic acid groups (broad SMARTS) is 1. The summed E-state index contributed by atoms with van der Waals surface area (Å²) in [6.45, 7) is 0. The molecule has 0 spiro atoms. The van der Waals surface area contributed by atoms with E-state index in [2.05, 4.69) is 36.8 Å². The first kappa shape index (κ1) is 14.5. The van der Waals surface area contributed by atoms with Gasteiger partial charge in [-0.15, -0.1) is 0 Å². The number of nitrogens with zero attached hydrogens (tertiary/aromatic N) is 2. The number of carboxylic acids is 1. The van der Waals surface area contributed by atoms with E-state index in [1.807, 2.05) is 0 Å². The summed E-state index contributed by atoms with van der Waals surface area (Å²) >= 11 is 7.69. The van der Waals surface area contributed by atoms with Crippen LogP contribution >= 0.6 is 43.6 Å². The van der Waals surface area contributed by atoms with E-state index in [1.54, 1.807) is 19.2 Å². The Morgan fingerprint density at radius 2 is 2.16 bits per heavy atom. The molecular formula is C11H8Br2N2O3S. The van der Waals surface area contributed by atoms with Crippen LogP contribution in [0.5, 0.6) is 0 Å². The molecule has 0 amide bonds. The second-order valence-electron chi connectivity index (χ2n) is 3.72. The number of fused-ring (bicyclic) bond motifs is 1. The number of benzene rings is 1. The van der Waals surface area contributed by atoms with Gasteiger partial charge in [0.15, 0.2) is 5.16 Å². The minimum atomic E-state index is -0.950. The third kappa shape index (κ3) is 3.01. The zero-order valence-corrected chi connectivity index (χ0v) is 13.7. The largest absolute Gasteiger partial charge is 0.481 e. The first-order chi connectivity index (χ1) is 8.90. The SMILES string of the molecule is Cn1c(SCC(=O)O)nc2c(Br)cc(Br)cc2c1=O. The van der Waals surface area contributed by atoms with Crippen LogP contribution in [0.2, 0.25) is 0 Å². The normalized spacial score (nSPS) is 10.9. The number of hydrogen-bond acceptors (Lipinski definition) is 4. The van der Waals surface area contributed by atoms with E-state index in [1.165, 1.54) is 4.57 Å². The van der Waals surface area contributed by atoms with E-state index in [9.17, 15) is 9.59 Å². The first-order valence-electron chi connectivity index (χ1n) is 5.10. The van der Waals surface area contributed by atoms with Crippen molar-refractivity contribution in [1.82, 2.24) is 9.55 Å². The Labute approximate surface area is 129 Å². The zero-order chi connectivity index (χ0) is 14.2. The number of halogens is 2. The lowest BCUT2D eigenvalue weighted by Gasteiger charge is -2.09. The fourth-order valence-corrected chi connectivity index (χ4v) is 3.54. The summed E-state index contributed by atoms with van der Waals surface area (Å²) in [7, 11) is 1.58. The Kier molecular flexibility index (Phi) is 4.32. The monoisotopic (exact) mass is 406 g/mol. The highest BCUT2D eigenvalue weighted by Gasteiger charge is 2.13. The van der Waals surface area contributed by atoms with Crippen LogP contribution < -0.4 is 5.56 Å². The van der Waals surface area contributed by atoms with Crippen molar-refractivity contribution in [2.24, 2.45) is 7.05 Å². The summed E-state index contributed by atoms with van der Waals surface area (Å²) in [4.78, 5) is 27.2. The van der Waals surface area contributed by atoms with Crippen LogP contribution in [0, 0.1) is 0 Å². The Bertz CT molecular complexity index is 730. The van der Waals surface area contributed by atoms with E-state index >= 15 is 0 Å². The zero-order valence-electron chi connectivity index (χ0n) is 9.68. The van der Waals surface area contributed by atoms with Gasteiger partial charge in [0.05, 0.1) is 16.7 Å². The quantitative estimate of drug-likeness (QED) is 0.625. The maximum absolute atomic E-state index is 12.2. The van der Waals surface area contributed by atoms with Gasteiger partial charge in [-0.25, -0.2) is 4.98 Å². The number of aromatic nitrogens is 2. The van der Waals surface area contributed by atoms with Crippen molar-refractivity contribution in [2.45, 2.75) is 5.16 Å². The van der Waals surface area contributed by atoms with Gasteiger partial charge >= 0.3 is 5.97 Å². The molecule has 0 radical (unpaired) electrons. The molecule has 19 heavy (non-hydrogen) atoms. The van der Waals surface area contributed by atoms with Crippen molar-refractivity contribution in [3.8, 4) is 0 Å². The standard InChI is InChI=1S/C11H8Br2N2O3S/c1-15-10(18)6-2-5(12)3-7(13)9(6)14-11(15)19-4-8(16)17/h2-3H,4H2,1H3,(H,16,17). The molecule has 0 saturated heterocycles. The predicted molar refractivity (Wildman–Crippen MR) is 80.7 cm³/mol. The Morgan fingerprint density at radius 3 is 2.79 bits per heavy atom. The molecule has 0 saturated carbocycles. The first-order valence-corrected chi connectivity index (χ1v) is 7.67. The van der Waals surface area contributed by atoms with E-state index in [0.29, 0.717) is 20.5 Å². The van der Waals surface area contributed by atoms with Crippen LogP contribution in [-0.2, 0) is 11.8 Å². The maximum atomic E-state index is 12.2. The summed E-state index contributed by atoms with van der Waals surface area (Å²) in [6.07, 6.45) is 0. The molecule has 0 fully saturated rings. The minimum Gasteiger partial charge on any atom is -0.481 e. The van der Waals surface area contributed by atoms with Gasteiger partial charge in [0.2, 0.25) is 0 Å². The fourth-order valence-electron chi connectivity index (χ4n) is 1.54. The van der Waals surface area contributed by atoms with Crippen LogP contribution in [0.1, 0.15) is 0 Å². The fraction of sp³-hybridized carbons (Fsp3) is 0.182. The third-order valence-electron chi connectivity index (χ3n) is 2.38. The molecule has 0 atom stereocenters. The minimum absolute atomic E-state index is 0.139. The van der Waals surface area contributed by atoms with E-state index in [4.69, 9.17) is 5.11 Å². The molecule has 1 heterocycles. The van der Waals surface area contributed by atoms with E-state index in [0.717, 1.165) is 16.2 Å². The number of rotatable bonds is 3. The average Bonchev–Trinajstić information content (AvgIpc) is 2.32. The molecule has 0 unspecified atom stereocenters. The summed E-state index contributed by atoms with van der Waals surface area (Å²) in [5.41, 5.74) is 0.319. The second kappa shape index (κ2) is 5.64. The molecule has 2 rings (SSSR count). The number of aliphatic carboxylic acids is 1. The van der Waals surface area contributed by atoms with Crippen LogP contribution in [0.25, 0.3) is 10.9 Å². The third-order valence-corrected chi connectivity index (χ3v) is 4.46. The van der Waals surface area contributed by atoms with Crippen LogP contribution in [-0.4, -0.2) is 26.4 Å². The molecule has 2 aromatic rings. The Balaban J connectivity index is 2.66. The summed E-state index contributed by atoms with van der Waals surface area (Å²) in [5.74, 6) is -1.09. The predicted octanol–water partition coefficient (Wildman–Crippen LogP) is 2.64. The van der Waals surface area contributed by atoms with E-state index in [-0.39, 0.29) is 11.3 Å². The van der Waals surface area contributed by atoms with Crippen molar-refractivity contribution in [2.75, 3.05) is 5.75 Å².